The summed E-state index contributed by atoms with van der Waals surface area (Å²) in [5.74, 6) is -0.988. The molecule has 0 aliphatic carbocycles. The molecule has 1 aromatic rings. The summed E-state index contributed by atoms with van der Waals surface area (Å²) >= 11 is 0. The fourth-order valence-electron chi connectivity index (χ4n) is 2.90. The topological polar surface area (TPSA) is 57.2 Å². The van der Waals surface area contributed by atoms with Crippen LogP contribution in [0.1, 0.15) is 19.4 Å². The van der Waals surface area contributed by atoms with Crippen molar-refractivity contribution >= 4 is 0 Å². The van der Waals surface area contributed by atoms with Gasteiger partial charge in [0.1, 0.15) is 18.3 Å². The van der Waals surface area contributed by atoms with Crippen LogP contribution < -0.4 is 0 Å². The number of benzene rings is 1. The Bertz CT molecular complexity index is 563. The second-order valence-electron chi connectivity index (χ2n) is 6.32. The lowest BCUT2D eigenvalue weighted by Gasteiger charge is -2.29. The van der Waals surface area contributed by atoms with Gasteiger partial charge in [-0.3, -0.25) is 0 Å². The molecule has 2 heterocycles. The molecule has 0 radical (unpaired) electrons. The second kappa shape index (κ2) is 6.27. The quantitative estimate of drug-likeness (QED) is 0.905. The lowest BCUT2D eigenvalue weighted by atomic mass is 10.0. The van der Waals surface area contributed by atoms with Gasteiger partial charge in [0.25, 0.3) is 0 Å². The van der Waals surface area contributed by atoms with Crippen molar-refractivity contribution in [3.63, 3.8) is 0 Å². The monoisotopic (exact) mass is 348 g/mol. The summed E-state index contributed by atoms with van der Waals surface area (Å²) in [4.78, 5) is 0. The maximum atomic E-state index is 12.9. The Hall–Kier alpha value is -1.19. The van der Waals surface area contributed by atoms with Gasteiger partial charge in [-0.25, -0.2) is 0 Å². The van der Waals surface area contributed by atoms with Crippen molar-refractivity contribution in [2.45, 2.75) is 63.1 Å². The average Bonchev–Trinajstić information content (AvgIpc) is 2.96. The molecule has 1 N–H and O–H groups in total. The van der Waals surface area contributed by atoms with Crippen LogP contribution in [0.3, 0.4) is 0 Å². The van der Waals surface area contributed by atoms with Crippen LogP contribution in [-0.2, 0) is 25.6 Å². The normalized spacial score (nSPS) is 33.4. The Kier molecular flexibility index (Phi) is 4.61. The Morgan fingerprint density at radius 1 is 1.21 bits per heavy atom. The van der Waals surface area contributed by atoms with E-state index >= 15 is 0 Å². The van der Waals surface area contributed by atoms with Crippen LogP contribution in [0.4, 0.5) is 13.2 Å². The van der Waals surface area contributed by atoms with E-state index in [1.165, 1.54) is 0 Å². The number of fused-ring (bicyclic) bond motifs is 1. The zero-order valence-corrected chi connectivity index (χ0v) is 13.2. The van der Waals surface area contributed by atoms with Crippen LogP contribution >= 0.6 is 0 Å². The average molecular weight is 348 g/mol. The highest BCUT2D eigenvalue weighted by Gasteiger charge is 2.61. The lowest BCUT2D eigenvalue weighted by Crippen LogP contribution is -2.48. The van der Waals surface area contributed by atoms with Crippen molar-refractivity contribution < 1.29 is 37.2 Å². The molecule has 0 bridgehead atoms. The van der Waals surface area contributed by atoms with E-state index in [0.717, 1.165) is 5.56 Å². The molecule has 3 rings (SSSR count). The summed E-state index contributed by atoms with van der Waals surface area (Å²) in [5.41, 5.74) is 0.791. The van der Waals surface area contributed by atoms with Crippen molar-refractivity contribution in [1.29, 1.82) is 0 Å². The van der Waals surface area contributed by atoms with E-state index in [-0.39, 0.29) is 6.61 Å². The molecule has 134 valence electrons. The molecule has 2 aliphatic rings. The van der Waals surface area contributed by atoms with Crippen molar-refractivity contribution in [3.8, 4) is 0 Å². The van der Waals surface area contributed by atoms with Crippen LogP contribution in [0.15, 0.2) is 30.3 Å². The fraction of sp³-hybridized carbons (Fsp3) is 0.625. The van der Waals surface area contributed by atoms with Gasteiger partial charge in [0, 0.05) is 0 Å². The van der Waals surface area contributed by atoms with Crippen LogP contribution in [0.25, 0.3) is 0 Å². The summed E-state index contributed by atoms with van der Waals surface area (Å²) in [5, 5.41) is 9.60. The third kappa shape index (κ3) is 3.57. The third-order valence-electron chi connectivity index (χ3n) is 3.96. The molecule has 0 amide bonds. The summed E-state index contributed by atoms with van der Waals surface area (Å²) in [6.45, 7) is 3.35. The molecular formula is C16H19F3O5. The van der Waals surface area contributed by atoms with E-state index in [1.807, 2.05) is 6.07 Å². The first-order chi connectivity index (χ1) is 11.2. The summed E-state index contributed by atoms with van der Waals surface area (Å²) in [6, 6.07) is 9.00. The highest BCUT2D eigenvalue weighted by atomic mass is 19.4. The molecule has 1 aromatic carbocycles. The van der Waals surface area contributed by atoms with Crippen molar-refractivity contribution in [2.75, 3.05) is 0 Å². The number of halogens is 3. The van der Waals surface area contributed by atoms with E-state index in [1.54, 1.807) is 38.1 Å². The molecule has 5 atom stereocenters. The predicted molar refractivity (Wildman–Crippen MR) is 75.8 cm³/mol. The van der Waals surface area contributed by atoms with Gasteiger partial charge in [-0.15, -0.1) is 0 Å². The van der Waals surface area contributed by atoms with Gasteiger partial charge in [0.2, 0.25) is 0 Å². The first-order valence-corrected chi connectivity index (χ1v) is 7.59. The minimum atomic E-state index is -4.83. The number of hydrogen-bond donors (Lipinski definition) is 1. The van der Waals surface area contributed by atoms with Crippen LogP contribution in [0.2, 0.25) is 0 Å². The van der Waals surface area contributed by atoms with Crippen LogP contribution in [0, 0.1) is 0 Å². The molecule has 5 nitrogen and oxygen atoms in total. The molecule has 0 spiro atoms. The Balaban J connectivity index is 1.76. The molecule has 8 heteroatoms. The molecule has 0 aromatic heterocycles. The zero-order chi connectivity index (χ0) is 17.5. The number of aliphatic hydroxyl groups excluding tert-OH is 1. The highest BCUT2D eigenvalue weighted by Crippen LogP contribution is 2.42. The van der Waals surface area contributed by atoms with E-state index in [9.17, 15) is 18.3 Å². The summed E-state index contributed by atoms with van der Waals surface area (Å²) < 4.78 is 60.7. The number of rotatable bonds is 4. The first-order valence-electron chi connectivity index (χ1n) is 7.59. The maximum absolute atomic E-state index is 12.9. The second-order valence-corrected chi connectivity index (χ2v) is 6.32. The summed E-state index contributed by atoms with van der Waals surface area (Å²) in [6.07, 6.45) is -12.1. The van der Waals surface area contributed by atoms with Gasteiger partial charge in [-0.1, -0.05) is 30.3 Å². The van der Waals surface area contributed by atoms with Gasteiger partial charge in [-0.05, 0) is 19.4 Å². The molecule has 0 unspecified atom stereocenters. The third-order valence-corrected chi connectivity index (χ3v) is 3.96. The van der Waals surface area contributed by atoms with Crippen molar-refractivity contribution in [2.24, 2.45) is 0 Å². The molecule has 0 saturated carbocycles. The van der Waals surface area contributed by atoms with Crippen molar-refractivity contribution in [3.05, 3.63) is 35.9 Å². The minimum absolute atomic E-state index is 0.0724. The zero-order valence-electron chi connectivity index (χ0n) is 13.2. The van der Waals surface area contributed by atoms with E-state index in [0.29, 0.717) is 0 Å². The molecule has 2 aliphatic heterocycles. The highest BCUT2D eigenvalue weighted by molar-refractivity contribution is 5.13. The fourth-order valence-corrected chi connectivity index (χ4v) is 2.90. The van der Waals surface area contributed by atoms with E-state index < -0.39 is 42.7 Å². The van der Waals surface area contributed by atoms with Gasteiger partial charge in [-0.2, -0.15) is 13.2 Å². The van der Waals surface area contributed by atoms with Gasteiger partial charge < -0.3 is 24.1 Å². The predicted octanol–water partition coefficient (Wildman–Crippen LogP) is 2.37. The first kappa shape index (κ1) is 17.6. The summed E-state index contributed by atoms with van der Waals surface area (Å²) in [7, 11) is 0. The Labute approximate surface area is 137 Å². The van der Waals surface area contributed by atoms with Gasteiger partial charge in [0.15, 0.2) is 18.2 Å². The largest absolute Gasteiger partial charge is 0.417 e. The smallest absolute Gasteiger partial charge is 0.381 e. The van der Waals surface area contributed by atoms with E-state index in [2.05, 4.69) is 0 Å². The molecular weight excluding hydrogens is 329 g/mol. The number of ether oxygens (including phenoxy) is 4. The molecule has 2 saturated heterocycles. The van der Waals surface area contributed by atoms with Gasteiger partial charge >= 0.3 is 6.18 Å². The van der Waals surface area contributed by atoms with E-state index in [4.69, 9.17) is 18.9 Å². The SMILES string of the molecule is CC1(C)O[C@H]2O[C@H]([C@@H](O)C(F)(F)F)[C@H](OCc3ccccc3)[C@H]2O1. The van der Waals surface area contributed by atoms with Gasteiger partial charge in [0.05, 0.1) is 6.61 Å². The minimum Gasteiger partial charge on any atom is -0.381 e. The van der Waals surface area contributed by atoms with Crippen LogP contribution in [-0.4, -0.2) is 47.8 Å². The standard InChI is InChI=1S/C16H19F3O5/c1-15(2)23-12-10(21-8-9-6-4-3-5-7-9)11(22-14(12)24-15)13(20)16(17,18)19/h3-7,10-14,20H,8H2,1-2H3/t10-,11-,12+,13+,14+/m0/s1. The number of aliphatic hydroxyl groups is 1. The number of alkyl halides is 3. The lowest BCUT2D eigenvalue weighted by molar-refractivity contribution is -0.275. The Morgan fingerprint density at radius 2 is 1.88 bits per heavy atom. The molecule has 2 fully saturated rings. The van der Waals surface area contributed by atoms with Crippen molar-refractivity contribution in [1.82, 2.24) is 0 Å². The Morgan fingerprint density at radius 3 is 2.50 bits per heavy atom. The maximum Gasteiger partial charge on any atom is 0.417 e. The van der Waals surface area contributed by atoms with Crippen LogP contribution in [0.5, 0.6) is 0 Å². The molecule has 24 heavy (non-hydrogen) atoms. The number of hydrogen-bond acceptors (Lipinski definition) is 5.